The second kappa shape index (κ2) is 5.72. The van der Waals surface area contributed by atoms with Crippen LogP contribution in [0, 0.1) is 5.41 Å². The number of nitrogens with two attached hydrogens (primary N) is 1. The average Bonchev–Trinajstić information content (AvgIpc) is 2.26. The lowest BCUT2D eigenvalue weighted by Gasteiger charge is -2.09. The van der Waals surface area contributed by atoms with Crippen molar-refractivity contribution in [1.82, 2.24) is 4.98 Å². The summed E-state index contributed by atoms with van der Waals surface area (Å²) in [6, 6.07) is 3.73. The van der Waals surface area contributed by atoms with Crippen LogP contribution in [0.5, 0.6) is 0 Å². The summed E-state index contributed by atoms with van der Waals surface area (Å²) in [7, 11) is 0. The van der Waals surface area contributed by atoms with Crippen molar-refractivity contribution in [2.24, 2.45) is 5.73 Å². The second-order valence-electron chi connectivity index (χ2n) is 3.23. The van der Waals surface area contributed by atoms with Gasteiger partial charge in [0.25, 0.3) is 0 Å². The van der Waals surface area contributed by atoms with E-state index in [4.69, 9.17) is 16.2 Å². The quantitative estimate of drug-likeness (QED) is 0.515. The monoisotopic (exact) mass is 225 g/mol. The Morgan fingerprint density at radius 1 is 1.73 bits per heavy atom. The number of hydrogen-bond acceptors (Lipinski definition) is 4. The molecule has 4 N–H and O–H groups in total. The maximum absolute atomic E-state index is 8.89. The molecule has 0 aromatic carbocycles. The topological polar surface area (TPSA) is 83.0 Å². The average molecular weight is 225 g/mol. The van der Waals surface area contributed by atoms with Gasteiger partial charge in [0.15, 0.2) is 0 Å². The van der Waals surface area contributed by atoms with Gasteiger partial charge >= 0.3 is 0 Å². The smallest absolute Gasteiger partial charge is 0.142 e. The normalized spacial score (nSPS) is 12.4. The molecule has 0 aliphatic rings. The van der Waals surface area contributed by atoms with E-state index in [-0.39, 0.29) is 17.7 Å². The molecule has 0 spiro atoms. The minimum absolute atomic E-state index is 0.0112. The number of thioether (sulfide) groups is 1. The van der Waals surface area contributed by atoms with E-state index in [1.807, 2.05) is 19.1 Å². The Bertz CT molecular complexity index is 343. The molecule has 0 amide bonds. The van der Waals surface area contributed by atoms with Crippen molar-refractivity contribution in [3.8, 4) is 0 Å². The van der Waals surface area contributed by atoms with E-state index < -0.39 is 0 Å². The Balaban J connectivity index is 2.72. The van der Waals surface area contributed by atoms with Gasteiger partial charge in [-0.05, 0) is 11.6 Å². The first-order chi connectivity index (χ1) is 7.15. The molecule has 82 valence electrons. The minimum atomic E-state index is -0.0112. The molecule has 1 aromatic heterocycles. The van der Waals surface area contributed by atoms with Crippen LogP contribution in [-0.2, 0) is 5.75 Å². The largest absolute Gasteiger partial charge is 0.395 e. The van der Waals surface area contributed by atoms with Gasteiger partial charge in [0.1, 0.15) is 11.5 Å². The van der Waals surface area contributed by atoms with Gasteiger partial charge < -0.3 is 10.8 Å². The van der Waals surface area contributed by atoms with Crippen molar-refractivity contribution >= 4 is 17.6 Å². The predicted octanol–water partition coefficient (Wildman–Crippen LogP) is 0.980. The van der Waals surface area contributed by atoms with Crippen molar-refractivity contribution in [3.05, 3.63) is 29.6 Å². The molecule has 1 aromatic rings. The van der Waals surface area contributed by atoms with Crippen LogP contribution in [-0.4, -0.2) is 27.8 Å². The number of nitrogens with zero attached hydrogens (tertiary/aromatic N) is 1. The Labute approximate surface area is 93.4 Å². The molecule has 1 rings (SSSR count). The molecule has 0 fully saturated rings. The van der Waals surface area contributed by atoms with Crippen molar-refractivity contribution in [2.75, 3.05) is 6.61 Å². The van der Waals surface area contributed by atoms with E-state index in [9.17, 15) is 0 Å². The first-order valence-electron chi connectivity index (χ1n) is 4.66. The van der Waals surface area contributed by atoms with Gasteiger partial charge in [-0.15, -0.1) is 0 Å². The zero-order chi connectivity index (χ0) is 11.3. The number of pyridine rings is 1. The molecule has 15 heavy (non-hydrogen) atoms. The summed E-state index contributed by atoms with van der Waals surface area (Å²) in [5.74, 6) is 0.702. The van der Waals surface area contributed by atoms with Crippen LogP contribution < -0.4 is 5.73 Å². The van der Waals surface area contributed by atoms with E-state index in [1.165, 1.54) is 0 Å². The summed E-state index contributed by atoms with van der Waals surface area (Å²) in [6.07, 6.45) is 1.63. The lowest BCUT2D eigenvalue weighted by molar-refractivity contribution is 0.300. The summed E-state index contributed by atoms with van der Waals surface area (Å²) in [5.41, 5.74) is 6.89. The number of aliphatic hydroxyl groups is 1. The Morgan fingerprint density at radius 3 is 3.07 bits per heavy atom. The zero-order valence-electron chi connectivity index (χ0n) is 8.60. The number of hydrogen-bond donors (Lipinski definition) is 3. The Kier molecular flexibility index (Phi) is 4.58. The molecule has 0 bridgehead atoms. The molecule has 5 heteroatoms. The molecule has 1 unspecified atom stereocenters. The summed E-state index contributed by atoms with van der Waals surface area (Å²) in [4.78, 5) is 4.06. The third-order valence-corrected chi connectivity index (χ3v) is 3.12. The fraction of sp³-hybridized carbons (Fsp3) is 0.400. The highest BCUT2D eigenvalue weighted by molar-refractivity contribution is 7.99. The molecule has 1 heterocycles. The van der Waals surface area contributed by atoms with Gasteiger partial charge in [-0.3, -0.25) is 10.4 Å². The molecule has 0 aliphatic heterocycles. The standard InChI is InChI=1S/C10H15N3OS/c1-7(5-14)15-6-8-3-2-4-13-9(8)10(11)12/h2-4,7,14H,5-6H2,1H3,(H3,11,12). The first kappa shape index (κ1) is 12.0. The van der Waals surface area contributed by atoms with E-state index >= 15 is 0 Å². The molecular formula is C10H15N3OS. The van der Waals surface area contributed by atoms with Gasteiger partial charge in [0, 0.05) is 17.2 Å². The molecule has 0 saturated heterocycles. The molecule has 0 radical (unpaired) electrons. The highest BCUT2D eigenvalue weighted by Gasteiger charge is 2.08. The lowest BCUT2D eigenvalue weighted by Crippen LogP contribution is -2.16. The first-order valence-corrected chi connectivity index (χ1v) is 5.70. The van der Waals surface area contributed by atoms with Gasteiger partial charge in [-0.2, -0.15) is 11.8 Å². The predicted molar refractivity (Wildman–Crippen MR) is 63.1 cm³/mol. The molecule has 4 nitrogen and oxygen atoms in total. The van der Waals surface area contributed by atoms with E-state index in [1.54, 1.807) is 18.0 Å². The number of rotatable bonds is 5. The third-order valence-electron chi connectivity index (χ3n) is 1.93. The fourth-order valence-corrected chi connectivity index (χ4v) is 1.88. The number of aliphatic hydroxyl groups excluding tert-OH is 1. The molecule has 0 saturated carbocycles. The summed E-state index contributed by atoms with van der Waals surface area (Å²) in [6.45, 7) is 2.11. The fourth-order valence-electron chi connectivity index (χ4n) is 1.08. The number of nitrogens with one attached hydrogen (secondary N) is 1. The molecule has 0 aliphatic carbocycles. The van der Waals surface area contributed by atoms with Crippen LogP contribution >= 0.6 is 11.8 Å². The highest BCUT2D eigenvalue weighted by Crippen LogP contribution is 2.18. The van der Waals surface area contributed by atoms with Crippen molar-refractivity contribution in [2.45, 2.75) is 17.9 Å². The van der Waals surface area contributed by atoms with Crippen LogP contribution in [0.2, 0.25) is 0 Å². The van der Waals surface area contributed by atoms with Gasteiger partial charge in [-0.1, -0.05) is 13.0 Å². The van der Waals surface area contributed by atoms with Gasteiger partial charge in [-0.25, -0.2) is 0 Å². The molecular weight excluding hydrogens is 210 g/mol. The van der Waals surface area contributed by atoms with Crippen LogP contribution in [0.15, 0.2) is 18.3 Å². The number of amidine groups is 1. The van der Waals surface area contributed by atoms with E-state index in [0.29, 0.717) is 11.4 Å². The Morgan fingerprint density at radius 2 is 2.47 bits per heavy atom. The van der Waals surface area contributed by atoms with Crippen LogP contribution in [0.1, 0.15) is 18.2 Å². The molecule has 1 atom stereocenters. The highest BCUT2D eigenvalue weighted by atomic mass is 32.2. The SMILES string of the molecule is CC(CO)SCc1cccnc1C(=N)N. The second-order valence-corrected chi connectivity index (χ2v) is 4.66. The van der Waals surface area contributed by atoms with Crippen LogP contribution in [0.25, 0.3) is 0 Å². The van der Waals surface area contributed by atoms with Crippen molar-refractivity contribution in [3.63, 3.8) is 0 Å². The van der Waals surface area contributed by atoms with Crippen LogP contribution in [0.3, 0.4) is 0 Å². The Hall–Kier alpha value is -1.07. The summed E-state index contributed by atoms with van der Waals surface area (Å²) < 4.78 is 0. The number of nitrogen functional groups attached to an aromatic ring is 1. The number of aromatic nitrogens is 1. The van der Waals surface area contributed by atoms with E-state index in [2.05, 4.69) is 4.98 Å². The van der Waals surface area contributed by atoms with Crippen LogP contribution in [0.4, 0.5) is 0 Å². The van der Waals surface area contributed by atoms with Gasteiger partial charge in [0.2, 0.25) is 0 Å². The maximum atomic E-state index is 8.89. The van der Waals surface area contributed by atoms with Gasteiger partial charge in [0.05, 0.1) is 6.61 Å². The zero-order valence-corrected chi connectivity index (χ0v) is 9.42. The van der Waals surface area contributed by atoms with Crippen molar-refractivity contribution < 1.29 is 5.11 Å². The lowest BCUT2D eigenvalue weighted by atomic mass is 10.2. The summed E-state index contributed by atoms with van der Waals surface area (Å²) in [5, 5.41) is 16.4. The summed E-state index contributed by atoms with van der Waals surface area (Å²) >= 11 is 1.62. The third kappa shape index (κ3) is 3.53. The minimum Gasteiger partial charge on any atom is -0.395 e. The van der Waals surface area contributed by atoms with Crippen molar-refractivity contribution in [1.29, 1.82) is 5.41 Å². The maximum Gasteiger partial charge on any atom is 0.142 e. The van der Waals surface area contributed by atoms with E-state index in [0.717, 1.165) is 5.56 Å².